The van der Waals surface area contributed by atoms with Gasteiger partial charge >= 0.3 is 0 Å². The van der Waals surface area contributed by atoms with Gasteiger partial charge in [0.25, 0.3) is 5.91 Å². The first-order valence-electron chi connectivity index (χ1n) is 10.5. The number of halogens is 1. The third-order valence-electron chi connectivity index (χ3n) is 5.63. The van der Waals surface area contributed by atoms with Crippen LogP contribution in [0.5, 0.6) is 0 Å². The number of nitrogens with zero attached hydrogens (tertiary/aromatic N) is 3. The number of amides is 1. The Bertz CT molecular complexity index is 934. The Labute approximate surface area is 177 Å². The lowest BCUT2D eigenvalue weighted by atomic mass is 9.97. The van der Waals surface area contributed by atoms with Crippen LogP contribution in [0.1, 0.15) is 43.0 Å². The summed E-state index contributed by atoms with van der Waals surface area (Å²) in [7, 11) is 0. The van der Waals surface area contributed by atoms with E-state index in [9.17, 15) is 9.18 Å². The number of ether oxygens (including phenoxy) is 1. The molecule has 2 aromatic rings. The van der Waals surface area contributed by atoms with E-state index in [1.165, 1.54) is 12.1 Å². The highest BCUT2D eigenvalue weighted by atomic mass is 19.1. The minimum atomic E-state index is -0.286. The van der Waals surface area contributed by atoms with E-state index in [2.05, 4.69) is 11.0 Å². The molecule has 3 atom stereocenters. The smallest absolute Gasteiger partial charge is 0.257 e. The number of hydrazone groups is 1. The molecule has 5 nitrogen and oxygen atoms in total. The van der Waals surface area contributed by atoms with E-state index in [4.69, 9.17) is 9.84 Å². The van der Waals surface area contributed by atoms with Crippen molar-refractivity contribution < 1.29 is 13.9 Å². The largest absolute Gasteiger partial charge is 0.373 e. The van der Waals surface area contributed by atoms with E-state index in [1.54, 1.807) is 17.1 Å². The van der Waals surface area contributed by atoms with Crippen LogP contribution in [0.25, 0.3) is 0 Å². The van der Waals surface area contributed by atoms with Crippen molar-refractivity contribution in [3.8, 4) is 0 Å². The van der Waals surface area contributed by atoms with Gasteiger partial charge in [-0.1, -0.05) is 42.0 Å². The van der Waals surface area contributed by atoms with Crippen LogP contribution >= 0.6 is 0 Å². The summed E-state index contributed by atoms with van der Waals surface area (Å²) in [6.45, 7) is 7.83. The second-order valence-electron chi connectivity index (χ2n) is 8.38. The van der Waals surface area contributed by atoms with Crippen molar-refractivity contribution in [3.05, 3.63) is 71.0 Å². The molecule has 0 saturated carbocycles. The van der Waals surface area contributed by atoms with Crippen LogP contribution in [0.15, 0.2) is 53.6 Å². The maximum absolute atomic E-state index is 13.5. The number of hydrogen-bond acceptors (Lipinski definition) is 4. The number of aryl methyl sites for hydroxylation is 1. The van der Waals surface area contributed by atoms with Gasteiger partial charge in [0.2, 0.25) is 0 Å². The lowest BCUT2D eigenvalue weighted by Crippen LogP contribution is -2.49. The fraction of sp³-hybridized carbons (Fsp3) is 0.417. The third-order valence-corrected chi connectivity index (χ3v) is 5.63. The molecule has 0 aromatic heterocycles. The van der Waals surface area contributed by atoms with Crippen LogP contribution in [0.2, 0.25) is 0 Å². The van der Waals surface area contributed by atoms with Crippen LogP contribution in [-0.4, -0.2) is 53.4 Å². The Morgan fingerprint density at radius 3 is 2.50 bits per heavy atom. The lowest BCUT2D eigenvalue weighted by molar-refractivity contribution is -0.137. The highest BCUT2D eigenvalue weighted by Gasteiger charge is 2.34. The van der Waals surface area contributed by atoms with Crippen molar-refractivity contribution in [2.75, 3.05) is 19.6 Å². The molecule has 0 spiro atoms. The van der Waals surface area contributed by atoms with Crippen molar-refractivity contribution in [1.29, 1.82) is 0 Å². The van der Waals surface area contributed by atoms with E-state index in [0.29, 0.717) is 13.0 Å². The van der Waals surface area contributed by atoms with E-state index < -0.39 is 0 Å². The van der Waals surface area contributed by atoms with Gasteiger partial charge in [0.15, 0.2) is 0 Å². The Morgan fingerprint density at radius 1 is 1.13 bits per heavy atom. The SMILES string of the molecule is Cc1cccc(C2=NN(C(=O)CN3CC(C)OC(C)C3)C(c3ccc(F)cc3)C2)c1. The monoisotopic (exact) mass is 409 g/mol. The number of rotatable bonds is 4. The van der Waals surface area contributed by atoms with Crippen molar-refractivity contribution in [1.82, 2.24) is 9.91 Å². The quantitative estimate of drug-likeness (QED) is 0.769. The van der Waals surface area contributed by atoms with Gasteiger partial charge in [-0.05, 0) is 44.0 Å². The molecule has 2 heterocycles. The molecule has 2 aliphatic rings. The van der Waals surface area contributed by atoms with Gasteiger partial charge in [-0.3, -0.25) is 9.69 Å². The molecule has 30 heavy (non-hydrogen) atoms. The molecule has 0 radical (unpaired) electrons. The summed E-state index contributed by atoms with van der Waals surface area (Å²) in [6.07, 6.45) is 0.801. The molecule has 1 fully saturated rings. The highest BCUT2D eigenvalue weighted by molar-refractivity contribution is 6.03. The fourth-order valence-electron chi connectivity index (χ4n) is 4.36. The zero-order chi connectivity index (χ0) is 21.3. The molecule has 6 heteroatoms. The number of hydrogen-bond donors (Lipinski definition) is 0. The standard InChI is InChI=1S/C24H28FN3O2/c1-16-5-4-6-20(11-16)22-12-23(19-7-9-21(25)10-8-19)28(26-22)24(29)15-27-13-17(2)30-18(3)14-27/h4-11,17-18,23H,12-15H2,1-3H3. The molecule has 0 bridgehead atoms. The topological polar surface area (TPSA) is 45.1 Å². The molecule has 4 rings (SSSR count). The predicted molar refractivity (Wildman–Crippen MR) is 115 cm³/mol. The average Bonchev–Trinajstić information content (AvgIpc) is 3.13. The maximum Gasteiger partial charge on any atom is 0.257 e. The van der Waals surface area contributed by atoms with Gasteiger partial charge in [0.05, 0.1) is 30.5 Å². The van der Waals surface area contributed by atoms with Crippen LogP contribution < -0.4 is 0 Å². The summed E-state index contributed by atoms with van der Waals surface area (Å²) in [5.74, 6) is -0.334. The zero-order valence-corrected chi connectivity index (χ0v) is 17.7. The Kier molecular flexibility index (Phi) is 5.97. The lowest BCUT2D eigenvalue weighted by Gasteiger charge is -2.35. The molecule has 158 valence electrons. The first-order chi connectivity index (χ1) is 14.4. The first kappa shape index (κ1) is 20.7. The second kappa shape index (κ2) is 8.66. The van der Waals surface area contributed by atoms with E-state index in [1.807, 2.05) is 39.0 Å². The van der Waals surface area contributed by atoms with E-state index >= 15 is 0 Å². The van der Waals surface area contributed by atoms with E-state index in [0.717, 1.165) is 35.5 Å². The van der Waals surface area contributed by atoms with Crippen molar-refractivity contribution in [3.63, 3.8) is 0 Å². The average molecular weight is 410 g/mol. The normalized spacial score (nSPS) is 24.7. The van der Waals surface area contributed by atoms with Gasteiger partial charge in [-0.15, -0.1) is 0 Å². The highest BCUT2D eigenvalue weighted by Crippen LogP contribution is 2.33. The van der Waals surface area contributed by atoms with Crippen LogP contribution in [-0.2, 0) is 9.53 Å². The summed E-state index contributed by atoms with van der Waals surface area (Å²) in [4.78, 5) is 15.4. The molecule has 1 amide bonds. The van der Waals surface area contributed by atoms with Gasteiger partial charge < -0.3 is 4.74 Å². The molecule has 3 unspecified atom stereocenters. The number of carbonyl (C=O) groups is 1. The van der Waals surface area contributed by atoms with Gasteiger partial charge in [-0.2, -0.15) is 5.10 Å². The first-order valence-corrected chi connectivity index (χ1v) is 10.5. The summed E-state index contributed by atoms with van der Waals surface area (Å²) < 4.78 is 19.3. The van der Waals surface area contributed by atoms with E-state index in [-0.39, 0.29) is 30.0 Å². The summed E-state index contributed by atoms with van der Waals surface area (Å²) in [5, 5.41) is 6.32. The fourth-order valence-corrected chi connectivity index (χ4v) is 4.36. The summed E-state index contributed by atoms with van der Waals surface area (Å²) in [5.41, 5.74) is 3.94. The molecule has 2 aromatic carbocycles. The number of carbonyl (C=O) groups excluding carboxylic acids is 1. The van der Waals surface area contributed by atoms with Crippen LogP contribution in [0.3, 0.4) is 0 Å². The molecule has 2 aliphatic heterocycles. The maximum atomic E-state index is 13.5. The molecule has 1 saturated heterocycles. The van der Waals surface area contributed by atoms with Crippen molar-refractivity contribution in [2.24, 2.45) is 5.10 Å². The van der Waals surface area contributed by atoms with Gasteiger partial charge in [0, 0.05) is 19.5 Å². The summed E-state index contributed by atoms with van der Waals surface area (Å²) in [6, 6.07) is 14.3. The minimum absolute atomic E-state index is 0.0479. The number of benzene rings is 2. The molecular weight excluding hydrogens is 381 g/mol. The minimum Gasteiger partial charge on any atom is -0.373 e. The molecular formula is C24H28FN3O2. The predicted octanol–water partition coefficient (Wildman–Crippen LogP) is 3.92. The second-order valence-corrected chi connectivity index (χ2v) is 8.38. The number of morpholine rings is 1. The Morgan fingerprint density at radius 2 is 1.83 bits per heavy atom. The van der Waals surface area contributed by atoms with Crippen LogP contribution in [0, 0.1) is 12.7 Å². The van der Waals surface area contributed by atoms with Gasteiger partial charge in [-0.25, -0.2) is 9.40 Å². The van der Waals surface area contributed by atoms with Crippen LogP contribution in [0.4, 0.5) is 4.39 Å². The van der Waals surface area contributed by atoms with Crippen molar-refractivity contribution in [2.45, 2.75) is 45.4 Å². The van der Waals surface area contributed by atoms with Crippen molar-refractivity contribution >= 4 is 11.6 Å². The molecule has 0 N–H and O–H groups in total. The Balaban J connectivity index is 1.59. The third kappa shape index (κ3) is 4.60. The zero-order valence-electron chi connectivity index (χ0n) is 17.7. The molecule has 0 aliphatic carbocycles. The summed E-state index contributed by atoms with van der Waals surface area (Å²) >= 11 is 0. The van der Waals surface area contributed by atoms with Gasteiger partial charge in [0.1, 0.15) is 5.82 Å². The Hall–Kier alpha value is -2.57.